The molecule has 0 atom stereocenters. The van der Waals surface area contributed by atoms with Gasteiger partial charge in [-0.2, -0.15) is 0 Å². The number of nitrogens with one attached hydrogen (secondary N) is 4. The molecule has 2 rings (SSSR count). The Labute approximate surface area is 183 Å². The number of carbonyl (C=O) groups excluding carboxylic acids is 3. The maximum atomic E-state index is 12.5. The van der Waals surface area contributed by atoms with Gasteiger partial charge in [-0.3, -0.25) is 14.4 Å². The fraction of sp³-hybridized carbons (Fsp3) is 0.318. The highest BCUT2D eigenvalue weighted by atomic mass is 35.5. The minimum Gasteiger partial charge on any atom is -1.00 e. The maximum Gasteiger partial charge on any atom is 0.313 e. The Kier molecular flexibility index (Phi) is 10.6. The predicted molar refractivity (Wildman–Crippen MR) is 114 cm³/mol. The van der Waals surface area contributed by atoms with E-state index in [0.29, 0.717) is 17.8 Å². The van der Waals surface area contributed by atoms with E-state index in [2.05, 4.69) is 16.0 Å². The zero-order valence-electron chi connectivity index (χ0n) is 17.5. The summed E-state index contributed by atoms with van der Waals surface area (Å²) >= 11 is 0. The Morgan fingerprint density at radius 3 is 2.20 bits per heavy atom. The van der Waals surface area contributed by atoms with E-state index in [1.807, 2.05) is 45.3 Å². The third-order valence-electron chi connectivity index (χ3n) is 4.40. The molecule has 0 aliphatic carbocycles. The molecule has 4 N–H and O–H groups in total. The highest BCUT2D eigenvalue weighted by Gasteiger charge is 2.14. The van der Waals surface area contributed by atoms with Gasteiger partial charge >= 0.3 is 11.8 Å². The summed E-state index contributed by atoms with van der Waals surface area (Å²) in [5.41, 5.74) is 2.76. The standard InChI is InChI=1S/C22H28N4O3.ClH/c1-4-16-8-5-6-9-19(16)25-20(27)17-10-12-18(13-11-17)24-22(29)21(28)23-14-7-15-26(2)3;/h5-6,8-13H,4,7,14-15H2,1-3H3,(H,23,28)(H,24,29)(H,25,27);1H. The monoisotopic (exact) mass is 432 g/mol. The van der Waals surface area contributed by atoms with E-state index in [-0.39, 0.29) is 18.3 Å². The minimum atomic E-state index is -0.726. The van der Waals surface area contributed by atoms with Crippen molar-refractivity contribution in [1.29, 1.82) is 0 Å². The fourth-order valence-electron chi connectivity index (χ4n) is 2.76. The smallest absolute Gasteiger partial charge is 0.313 e. The Balaban J connectivity index is 0.00000450. The Hall–Kier alpha value is -2.90. The highest BCUT2D eigenvalue weighted by molar-refractivity contribution is 6.39. The number of para-hydroxylation sites is 1. The molecular formula is C22H29ClN4O3. The molecule has 0 aliphatic rings. The van der Waals surface area contributed by atoms with E-state index in [1.54, 1.807) is 24.3 Å². The van der Waals surface area contributed by atoms with Crippen LogP contribution in [0.2, 0.25) is 0 Å². The van der Waals surface area contributed by atoms with Crippen LogP contribution in [0.15, 0.2) is 48.5 Å². The Morgan fingerprint density at radius 1 is 0.900 bits per heavy atom. The van der Waals surface area contributed by atoms with Crippen LogP contribution in [0, 0.1) is 0 Å². The second-order valence-electron chi connectivity index (χ2n) is 7.06. The molecule has 0 saturated heterocycles. The number of quaternary nitrogens is 1. The second-order valence-corrected chi connectivity index (χ2v) is 7.06. The van der Waals surface area contributed by atoms with Crippen molar-refractivity contribution in [3.05, 3.63) is 59.7 Å². The molecule has 7 nitrogen and oxygen atoms in total. The summed E-state index contributed by atoms with van der Waals surface area (Å²) in [6, 6.07) is 14.1. The number of hydrogen-bond acceptors (Lipinski definition) is 3. The van der Waals surface area contributed by atoms with Crippen LogP contribution >= 0.6 is 0 Å². The minimum absolute atomic E-state index is 0. The normalized spacial score (nSPS) is 10.1. The number of hydrogen-bond donors (Lipinski definition) is 4. The van der Waals surface area contributed by atoms with Crippen molar-refractivity contribution in [3.8, 4) is 0 Å². The van der Waals surface area contributed by atoms with E-state index >= 15 is 0 Å². The lowest BCUT2D eigenvalue weighted by atomic mass is 10.1. The third-order valence-corrected chi connectivity index (χ3v) is 4.40. The van der Waals surface area contributed by atoms with E-state index in [9.17, 15) is 14.4 Å². The number of anilines is 2. The van der Waals surface area contributed by atoms with E-state index in [4.69, 9.17) is 0 Å². The van der Waals surface area contributed by atoms with Crippen LogP contribution in [-0.4, -0.2) is 44.9 Å². The van der Waals surface area contributed by atoms with Crippen LogP contribution < -0.4 is 33.3 Å². The summed E-state index contributed by atoms with van der Waals surface area (Å²) < 4.78 is 0. The first-order chi connectivity index (χ1) is 13.9. The van der Waals surface area contributed by atoms with E-state index in [1.165, 1.54) is 4.90 Å². The summed E-state index contributed by atoms with van der Waals surface area (Å²) in [7, 11) is 4.06. The van der Waals surface area contributed by atoms with Crippen LogP contribution in [0.3, 0.4) is 0 Å². The summed E-state index contributed by atoms with van der Waals surface area (Å²) in [6.45, 7) is 3.39. The number of benzene rings is 2. The number of aryl methyl sites for hydroxylation is 1. The summed E-state index contributed by atoms with van der Waals surface area (Å²) in [6.07, 6.45) is 1.62. The molecule has 3 amide bonds. The molecule has 0 saturated carbocycles. The first-order valence-electron chi connectivity index (χ1n) is 9.78. The van der Waals surface area contributed by atoms with Gasteiger partial charge in [0.15, 0.2) is 0 Å². The van der Waals surface area contributed by atoms with Crippen LogP contribution in [0.4, 0.5) is 11.4 Å². The van der Waals surface area contributed by atoms with Gasteiger partial charge in [0, 0.05) is 29.9 Å². The number of carbonyl (C=O) groups is 3. The van der Waals surface area contributed by atoms with Crippen molar-refractivity contribution < 1.29 is 31.7 Å². The Morgan fingerprint density at radius 2 is 1.57 bits per heavy atom. The quantitative estimate of drug-likeness (QED) is 0.290. The molecule has 0 unspecified atom stereocenters. The van der Waals surface area contributed by atoms with Gasteiger partial charge in [-0.1, -0.05) is 25.1 Å². The fourth-order valence-corrected chi connectivity index (χ4v) is 2.76. The summed E-state index contributed by atoms with van der Waals surface area (Å²) in [5, 5.41) is 8.04. The lowest BCUT2D eigenvalue weighted by molar-refractivity contribution is -0.858. The first kappa shape index (κ1) is 25.1. The molecule has 30 heavy (non-hydrogen) atoms. The molecule has 0 aromatic heterocycles. The average Bonchev–Trinajstić information content (AvgIpc) is 2.71. The molecule has 2 aromatic rings. The van der Waals surface area contributed by atoms with E-state index < -0.39 is 11.8 Å². The third kappa shape index (κ3) is 7.85. The van der Waals surface area contributed by atoms with Crippen molar-refractivity contribution in [2.45, 2.75) is 19.8 Å². The molecule has 8 heteroatoms. The zero-order valence-corrected chi connectivity index (χ0v) is 18.3. The molecule has 162 valence electrons. The van der Waals surface area contributed by atoms with Gasteiger partial charge in [0.1, 0.15) is 0 Å². The highest BCUT2D eigenvalue weighted by Crippen LogP contribution is 2.17. The molecule has 2 aromatic carbocycles. The lowest BCUT2D eigenvalue weighted by Crippen LogP contribution is -3.05. The van der Waals surface area contributed by atoms with Crippen molar-refractivity contribution in [2.24, 2.45) is 0 Å². The van der Waals surface area contributed by atoms with Gasteiger partial charge in [-0.25, -0.2) is 0 Å². The maximum absolute atomic E-state index is 12.5. The molecule has 0 heterocycles. The van der Waals surface area contributed by atoms with Crippen LogP contribution in [-0.2, 0) is 16.0 Å². The van der Waals surface area contributed by atoms with Gasteiger partial charge in [-0.05, 0) is 42.3 Å². The number of amides is 3. The van der Waals surface area contributed by atoms with Crippen LogP contribution in [0.25, 0.3) is 0 Å². The van der Waals surface area contributed by atoms with Gasteiger partial charge in [0.05, 0.1) is 20.6 Å². The molecule has 0 spiro atoms. The number of halogens is 1. The average molecular weight is 433 g/mol. The van der Waals surface area contributed by atoms with Gasteiger partial charge < -0.3 is 33.3 Å². The predicted octanol–water partition coefficient (Wildman–Crippen LogP) is -1.91. The van der Waals surface area contributed by atoms with Gasteiger partial charge in [0.2, 0.25) is 0 Å². The molecular weight excluding hydrogens is 404 g/mol. The van der Waals surface area contributed by atoms with Crippen LogP contribution in [0.1, 0.15) is 29.3 Å². The summed E-state index contributed by atoms with van der Waals surface area (Å²) in [5.74, 6) is -1.63. The van der Waals surface area contributed by atoms with E-state index in [0.717, 1.165) is 30.6 Å². The van der Waals surface area contributed by atoms with Crippen molar-refractivity contribution in [3.63, 3.8) is 0 Å². The zero-order chi connectivity index (χ0) is 21.2. The second kappa shape index (κ2) is 12.6. The van der Waals surface area contributed by atoms with Crippen molar-refractivity contribution >= 4 is 29.1 Å². The van der Waals surface area contributed by atoms with Gasteiger partial charge in [0.25, 0.3) is 5.91 Å². The summed E-state index contributed by atoms with van der Waals surface area (Å²) in [4.78, 5) is 37.5. The topological polar surface area (TPSA) is 91.7 Å². The van der Waals surface area contributed by atoms with Gasteiger partial charge in [-0.15, -0.1) is 0 Å². The molecule has 0 bridgehead atoms. The Bertz CT molecular complexity index is 854. The van der Waals surface area contributed by atoms with Crippen molar-refractivity contribution in [1.82, 2.24) is 5.32 Å². The molecule has 0 fully saturated rings. The largest absolute Gasteiger partial charge is 1.00 e. The number of rotatable bonds is 8. The molecule has 0 aliphatic heterocycles. The molecule has 0 radical (unpaired) electrons. The van der Waals surface area contributed by atoms with Crippen LogP contribution in [0.5, 0.6) is 0 Å². The first-order valence-corrected chi connectivity index (χ1v) is 9.78. The SMILES string of the molecule is CCc1ccccc1NC(=O)c1ccc(NC(=O)C(=O)NCCC[NH+](C)C)cc1.[Cl-]. The van der Waals surface area contributed by atoms with Crippen molar-refractivity contribution in [2.75, 3.05) is 37.8 Å². The lowest BCUT2D eigenvalue weighted by Gasteiger charge is -2.10.